The van der Waals surface area contributed by atoms with Crippen molar-refractivity contribution in [1.29, 1.82) is 0 Å². The van der Waals surface area contributed by atoms with E-state index in [0.29, 0.717) is 5.56 Å². The SMILES string of the molecule is CO/C=C(\C)c1ccc(C(F)(F)F)nc1. The van der Waals surface area contributed by atoms with Crippen LogP contribution >= 0.6 is 0 Å². The van der Waals surface area contributed by atoms with Gasteiger partial charge in [0.1, 0.15) is 5.69 Å². The average molecular weight is 217 g/mol. The topological polar surface area (TPSA) is 22.1 Å². The Labute approximate surface area is 85.4 Å². The van der Waals surface area contributed by atoms with Gasteiger partial charge in [0.15, 0.2) is 0 Å². The number of hydrogen-bond donors (Lipinski definition) is 0. The number of pyridine rings is 1. The van der Waals surface area contributed by atoms with Gasteiger partial charge < -0.3 is 4.74 Å². The zero-order valence-electron chi connectivity index (χ0n) is 8.30. The maximum absolute atomic E-state index is 12.2. The first kappa shape index (κ1) is 11.6. The lowest BCUT2D eigenvalue weighted by molar-refractivity contribution is -0.141. The van der Waals surface area contributed by atoms with E-state index >= 15 is 0 Å². The molecule has 0 unspecified atom stereocenters. The first-order valence-electron chi connectivity index (χ1n) is 4.18. The van der Waals surface area contributed by atoms with E-state index in [1.54, 1.807) is 6.92 Å². The summed E-state index contributed by atoms with van der Waals surface area (Å²) in [4.78, 5) is 3.33. The molecule has 0 aromatic carbocycles. The van der Waals surface area contributed by atoms with E-state index in [1.165, 1.54) is 25.6 Å². The summed E-state index contributed by atoms with van der Waals surface area (Å²) in [5, 5.41) is 0. The molecule has 0 aliphatic heterocycles. The van der Waals surface area contributed by atoms with E-state index in [4.69, 9.17) is 4.74 Å². The van der Waals surface area contributed by atoms with Gasteiger partial charge in [0.2, 0.25) is 0 Å². The standard InChI is InChI=1S/C10H10F3NO/c1-7(6-15-2)8-3-4-9(14-5-8)10(11,12)13/h3-6H,1-2H3/b7-6+. The molecule has 0 N–H and O–H groups in total. The number of alkyl halides is 3. The van der Waals surface area contributed by atoms with Crippen molar-refractivity contribution in [3.63, 3.8) is 0 Å². The fraction of sp³-hybridized carbons (Fsp3) is 0.300. The Hall–Kier alpha value is -1.52. The Kier molecular flexibility index (Phi) is 3.34. The third kappa shape index (κ3) is 2.97. The van der Waals surface area contributed by atoms with Gasteiger partial charge in [-0.1, -0.05) is 6.07 Å². The molecule has 1 rings (SSSR count). The molecule has 0 saturated carbocycles. The van der Waals surface area contributed by atoms with Crippen molar-refractivity contribution in [2.75, 3.05) is 7.11 Å². The maximum atomic E-state index is 12.2. The molecular formula is C10H10F3NO. The van der Waals surface area contributed by atoms with Gasteiger partial charge in [-0.15, -0.1) is 0 Å². The Morgan fingerprint density at radius 2 is 2.07 bits per heavy atom. The van der Waals surface area contributed by atoms with Crippen molar-refractivity contribution in [2.24, 2.45) is 0 Å². The first-order chi connectivity index (χ1) is 6.95. The first-order valence-corrected chi connectivity index (χ1v) is 4.18. The molecule has 5 heteroatoms. The third-order valence-electron chi connectivity index (χ3n) is 1.80. The zero-order chi connectivity index (χ0) is 11.5. The van der Waals surface area contributed by atoms with Crippen LogP contribution in [-0.2, 0) is 10.9 Å². The zero-order valence-corrected chi connectivity index (χ0v) is 8.30. The van der Waals surface area contributed by atoms with E-state index in [9.17, 15) is 13.2 Å². The van der Waals surface area contributed by atoms with Crippen molar-refractivity contribution in [3.8, 4) is 0 Å². The molecule has 0 aliphatic carbocycles. The van der Waals surface area contributed by atoms with Crippen LogP contribution in [0.25, 0.3) is 5.57 Å². The van der Waals surface area contributed by atoms with Crippen LogP contribution in [0, 0.1) is 0 Å². The van der Waals surface area contributed by atoms with E-state index in [2.05, 4.69) is 4.98 Å². The van der Waals surface area contributed by atoms with Crippen LogP contribution < -0.4 is 0 Å². The van der Waals surface area contributed by atoms with Crippen LogP contribution in [-0.4, -0.2) is 12.1 Å². The van der Waals surface area contributed by atoms with E-state index in [1.807, 2.05) is 0 Å². The summed E-state index contributed by atoms with van der Waals surface area (Å²) in [7, 11) is 1.47. The minimum atomic E-state index is -4.39. The lowest BCUT2D eigenvalue weighted by atomic mass is 10.1. The molecule has 0 atom stereocenters. The molecular weight excluding hydrogens is 207 g/mol. The van der Waals surface area contributed by atoms with Crippen LogP contribution in [0.3, 0.4) is 0 Å². The number of allylic oxidation sites excluding steroid dienone is 1. The number of methoxy groups -OCH3 is 1. The number of nitrogens with zero attached hydrogens (tertiary/aromatic N) is 1. The molecule has 2 nitrogen and oxygen atoms in total. The van der Waals surface area contributed by atoms with Crippen LogP contribution in [0.2, 0.25) is 0 Å². The number of rotatable bonds is 2. The summed E-state index contributed by atoms with van der Waals surface area (Å²) in [5.41, 5.74) is 0.431. The van der Waals surface area contributed by atoms with Gasteiger partial charge in [0.25, 0.3) is 0 Å². The normalized spacial score (nSPS) is 12.7. The largest absolute Gasteiger partial charge is 0.504 e. The van der Waals surface area contributed by atoms with E-state index in [0.717, 1.165) is 11.6 Å². The highest BCUT2D eigenvalue weighted by molar-refractivity contribution is 5.61. The van der Waals surface area contributed by atoms with Crippen LogP contribution in [0.4, 0.5) is 13.2 Å². The molecule has 1 aromatic heterocycles. The van der Waals surface area contributed by atoms with Gasteiger partial charge in [0, 0.05) is 6.20 Å². The van der Waals surface area contributed by atoms with Gasteiger partial charge in [0.05, 0.1) is 13.4 Å². The highest BCUT2D eigenvalue weighted by Crippen LogP contribution is 2.27. The number of aromatic nitrogens is 1. The summed E-state index contributed by atoms with van der Waals surface area (Å²) < 4.78 is 41.2. The molecule has 0 spiro atoms. The second kappa shape index (κ2) is 4.33. The minimum Gasteiger partial charge on any atom is -0.504 e. The lowest BCUT2D eigenvalue weighted by Gasteiger charge is -2.06. The molecule has 0 radical (unpaired) electrons. The summed E-state index contributed by atoms with van der Waals surface area (Å²) in [6, 6.07) is 2.31. The van der Waals surface area contributed by atoms with Gasteiger partial charge >= 0.3 is 6.18 Å². The minimum absolute atomic E-state index is 0.602. The molecule has 0 aliphatic rings. The summed E-state index contributed by atoms with van der Waals surface area (Å²) in [6.45, 7) is 1.73. The van der Waals surface area contributed by atoms with Crippen molar-refractivity contribution in [3.05, 3.63) is 35.8 Å². The summed E-state index contributed by atoms with van der Waals surface area (Å²) in [5.74, 6) is 0. The monoisotopic (exact) mass is 217 g/mol. The number of halogens is 3. The smallest absolute Gasteiger partial charge is 0.433 e. The van der Waals surface area contributed by atoms with Crippen molar-refractivity contribution in [2.45, 2.75) is 13.1 Å². The Bertz CT molecular complexity index is 354. The fourth-order valence-corrected chi connectivity index (χ4v) is 1.04. The molecule has 0 amide bonds. The number of ether oxygens (including phenoxy) is 1. The quantitative estimate of drug-likeness (QED) is 0.710. The van der Waals surface area contributed by atoms with Gasteiger partial charge in [-0.25, -0.2) is 0 Å². The Morgan fingerprint density at radius 3 is 2.47 bits per heavy atom. The Balaban J connectivity index is 2.96. The van der Waals surface area contributed by atoms with E-state index in [-0.39, 0.29) is 0 Å². The van der Waals surface area contributed by atoms with Gasteiger partial charge in [-0.3, -0.25) is 4.98 Å². The molecule has 0 bridgehead atoms. The van der Waals surface area contributed by atoms with Gasteiger partial charge in [-0.05, 0) is 24.1 Å². The predicted octanol–water partition coefficient (Wildman–Crippen LogP) is 3.11. The molecule has 1 heterocycles. The molecule has 82 valence electrons. The Morgan fingerprint density at radius 1 is 1.40 bits per heavy atom. The molecule has 1 aromatic rings. The predicted molar refractivity (Wildman–Crippen MR) is 49.9 cm³/mol. The highest BCUT2D eigenvalue weighted by atomic mass is 19.4. The second-order valence-electron chi connectivity index (χ2n) is 2.97. The van der Waals surface area contributed by atoms with Crippen molar-refractivity contribution >= 4 is 5.57 Å². The fourth-order valence-electron chi connectivity index (χ4n) is 1.04. The summed E-state index contributed by atoms with van der Waals surface area (Å²) >= 11 is 0. The summed E-state index contributed by atoms with van der Waals surface area (Å²) in [6.07, 6.45) is -1.77. The van der Waals surface area contributed by atoms with E-state index < -0.39 is 11.9 Å². The lowest BCUT2D eigenvalue weighted by Crippen LogP contribution is -2.07. The second-order valence-corrected chi connectivity index (χ2v) is 2.97. The van der Waals surface area contributed by atoms with Crippen molar-refractivity contribution in [1.82, 2.24) is 4.98 Å². The highest BCUT2D eigenvalue weighted by Gasteiger charge is 2.31. The molecule has 0 fully saturated rings. The molecule has 15 heavy (non-hydrogen) atoms. The van der Waals surface area contributed by atoms with Gasteiger partial charge in [-0.2, -0.15) is 13.2 Å². The van der Waals surface area contributed by atoms with Crippen LogP contribution in [0.5, 0.6) is 0 Å². The third-order valence-corrected chi connectivity index (χ3v) is 1.80. The molecule has 0 saturated heterocycles. The maximum Gasteiger partial charge on any atom is 0.433 e. The van der Waals surface area contributed by atoms with Crippen molar-refractivity contribution < 1.29 is 17.9 Å². The van der Waals surface area contributed by atoms with Crippen LogP contribution in [0.1, 0.15) is 18.2 Å². The van der Waals surface area contributed by atoms with Crippen LogP contribution in [0.15, 0.2) is 24.6 Å². The number of hydrogen-bond acceptors (Lipinski definition) is 2. The average Bonchev–Trinajstić information content (AvgIpc) is 2.17.